The second-order valence-electron chi connectivity index (χ2n) is 4.84. The smallest absolute Gasteiger partial charge is 0.231 e. The Hall–Kier alpha value is -1.88. The van der Waals surface area contributed by atoms with E-state index in [9.17, 15) is 4.79 Å². The maximum atomic E-state index is 11.7. The van der Waals surface area contributed by atoms with Gasteiger partial charge in [-0.15, -0.1) is 0 Å². The number of hydrogen-bond acceptors (Lipinski definition) is 3. The van der Waals surface area contributed by atoms with Crippen LogP contribution in [0.4, 0.5) is 17.2 Å². The Kier molecular flexibility index (Phi) is 3.22. The van der Waals surface area contributed by atoms with E-state index in [1.165, 1.54) is 0 Å². The molecule has 3 rings (SSSR count). The molecule has 0 atom stereocenters. The van der Waals surface area contributed by atoms with Crippen LogP contribution in [-0.2, 0) is 11.2 Å². The van der Waals surface area contributed by atoms with Crippen molar-refractivity contribution < 1.29 is 4.79 Å². The molecule has 4 nitrogen and oxygen atoms in total. The van der Waals surface area contributed by atoms with Crippen molar-refractivity contribution in [3.05, 3.63) is 46.6 Å². The Balaban J connectivity index is 1.94. The summed E-state index contributed by atoms with van der Waals surface area (Å²) in [4.78, 5) is 19.8. The lowest BCUT2D eigenvalue weighted by Gasteiger charge is -2.19. The van der Waals surface area contributed by atoms with Crippen LogP contribution >= 0.6 is 15.9 Å². The zero-order valence-corrected chi connectivity index (χ0v) is 12.9. The van der Waals surface area contributed by atoms with E-state index in [2.05, 4.69) is 27.0 Å². The summed E-state index contributed by atoms with van der Waals surface area (Å²) in [7, 11) is 3.78. The number of hydrogen-bond donors (Lipinski definition) is 0. The van der Waals surface area contributed by atoms with E-state index in [4.69, 9.17) is 0 Å². The molecule has 0 unspecified atom stereocenters. The molecule has 102 valence electrons. The summed E-state index contributed by atoms with van der Waals surface area (Å²) >= 11 is 3.38. The van der Waals surface area contributed by atoms with Gasteiger partial charge >= 0.3 is 0 Å². The van der Waals surface area contributed by atoms with Crippen LogP contribution in [0.5, 0.6) is 0 Å². The number of rotatable bonds is 2. The van der Waals surface area contributed by atoms with Crippen molar-refractivity contribution in [1.29, 1.82) is 0 Å². The standard InChI is InChI=1S/C15H14BrN3O/c1-18(14-6-3-11(16)9-17-14)12-4-5-13-10(7-12)8-15(20)19(13)2/h3-7,9H,8H2,1-2H3. The highest BCUT2D eigenvalue weighted by atomic mass is 79.9. The van der Waals surface area contributed by atoms with Crippen molar-refractivity contribution in [2.75, 3.05) is 23.9 Å². The first-order valence-corrected chi connectivity index (χ1v) is 7.10. The fourth-order valence-electron chi connectivity index (χ4n) is 2.36. The van der Waals surface area contributed by atoms with Gasteiger partial charge in [-0.1, -0.05) is 0 Å². The molecule has 1 aromatic heterocycles. The highest BCUT2D eigenvalue weighted by Crippen LogP contribution is 2.32. The van der Waals surface area contributed by atoms with Crippen LogP contribution in [0.2, 0.25) is 0 Å². The quantitative estimate of drug-likeness (QED) is 0.848. The highest BCUT2D eigenvalue weighted by molar-refractivity contribution is 9.10. The average Bonchev–Trinajstić information content (AvgIpc) is 2.74. The molecular weight excluding hydrogens is 318 g/mol. The van der Waals surface area contributed by atoms with Gasteiger partial charge in [0.15, 0.2) is 0 Å². The highest BCUT2D eigenvalue weighted by Gasteiger charge is 2.24. The van der Waals surface area contributed by atoms with Crippen molar-refractivity contribution in [3.8, 4) is 0 Å². The molecule has 0 saturated heterocycles. The first kappa shape index (κ1) is 13.1. The average molecular weight is 332 g/mol. The number of amides is 1. The number of carbonyl (C=O) groups excluding carboxylic acids is 1. The van der Waals surface area contributed by atoms with Crippen LogP contribution in [-0.4, -0.2) is 25.0 Å². The third kappa shape index (κ3) is 2.18. The molecule has 0 aliphatic carbocycles. The van der Waals surface area contributed by atoms with E-state index in [1.54, 1.807) is 11.1 Å². The van der Waals surface area contributed by atoms with Crippen molar-refractivity contribution in [3.63, 3.8) is 0 Å². The number of pyridine rings is 1. The predicted octanol–water partition coefficient (Wildman–Crippen LogP) is 3.13. The number of aromatic nitrogens is 1. The van der Waals surface area contributed by atoms with E-state index < -0.39 is 0 Å². The molecule has 2 aromatic rings. The van der Waals surface area contributed by atoms with Crippen LogP contribution in [0.15, 0.2) is 41.0 Å². The summed E-state index contributed by atoms with van der Waals surface area (Å²) in [6.45, 7) is 0. The topological polar surface area (TPSA) is 36.4 Å². The molecule has 0 bridgehead atoms. The van der Waals surface area contributed by atoms with Crippen LogP contribution in [0, 0.1) is 0 Å². The predicted molar refractivity (Wildman–Crippen MR) is 83.6 cm³/mol. The maximum absolute atomic E-state index is 11.7. The number of carbonyl (C=O) groups is 1. The Morgan fingerprint density at radius 1 is 1.30 bits per heavy atom. The minimum atomic E-state index is 0.140. The van der Waals surface area contributed by atoms with Gasteiger partial charge < -0.3 is 9.80 Å². The first-order chi connectivity index (χ1) is 9.56. The molecule has 0 fully saturated rings. The Morgan fingerprint density at radius 2 is 2.10 bits per heavy atom. The van der Waals surface area contributed by atoms with Crippen LogP contribution in [0.3, 0.4) is 0 Å². The van der Waals surface area contributed by atoms with E-state index in [1.807, 2.05) is 43.3 Å². The monoisotopic (exact) mass is 331 g/mol. The number of anilines is 3. The van der Waals surface area contributed by atoms with E-state index >= 15 is 0 Å². The molecule has 1 amide bonds. The minimum absolute atomic E-state index is 0.140. The number of benzene rings is 1. The van der Waals surface area contributed by atoms with Crippen LogP contribution < -0.4 is 9.80 Å². The van der Waals surface area contributed by atoms with Gasteiger partial charge in [-0.2, -0.15) is 0 Å². The Labute approximate surface area is 126 Å². The largest absolute Gasteiger partial charge is 0.329 e. The second-order valence-corrected chi connectivity index (χ2v) is 5.75. The molecule has 1 aromatic carbocycles. The third-order valence-electron chi connectivity index (χ3n) is 3.58. The SMILES string of the molecule is CN1C(=O)Cc2cc(N(C)c3ccc(Br)cn3)ccc21. The van der Waals surface area contributed by atoms with E-state index in [0.29, 0.717) is 6.42 Å². The zero-order valence-electron chi connectivity index (χ0n) is 11.3. The molecule has 0 spiro atoms. The fraction of sp³-hybridized carbons (Fsp3) is 0.200. The molecular formula is C15H14BrN3O. The van der Waals surface area contributed by atoms with E-state index in [-0.39, 0.29) is 5.91 Å². The van der Waals surface area contributed by atoms with Gasteiger partial charge in [0.25, 0.3) is 0 Å². The Morgan fingerprint density at radius 3 is 2.80 bits per heavy atom. The summed E-state index contributed by atoms with van der Waals surface area (Å²) < 4.78 is 0.954. The molecule has 0 saturated carbocycles. The van der Waals surface area contributed by atoms with Crippen molar-refractivity contribution in [2.45, 2.75) is 6.42 Å². The molecule has 5 heteroatoms. The lowest BCUT2D eigenvalue weighted by atomic mass is 10.1. The van der Waals surface area contributed by atoms with Crippen LogP contribution in [0.25, 0.3) is 0 Å². The number of fused-ring (bicyclic) bond motifs is 1. The summed E-state index contributed by atoms with van der Waals surface area (Å²) in [5.41, 5.74) is 3.09. The third-order valence-corrected chi connectivity index (χ3v) is 4.05. The molecule has 0 N–H and O–H groups in total. The second kappa shape index (κ2) is 4.90. The van der Waals surface area contributed by atoms with Gasteiger partial charge in [0, 0.05) is 36.1 Å². The summed E-state index contributed by atoms with van der Waals surface area (Å²) in [6.07, 6.45) is 2.25. The molecule has 1 aliphatic rings. The molecule has 0 radical (unpaired) electrons. The van der Waals surface area contributed by atoms with Gasteiger partial charge in [0.2, 0.25) is 5.91 Å². The number of halogens is 1. The molecule has 2 heterocycles. The van der Waals surface area contributed by atoms with Crippen molar-refractivity contribution in [2.24, 2.45) is 0 Å². The van der Waals surface area contributed by atoms with Crippen molar-refractivity contribution in [1.82, 2.24) is 4.98 Å². The van der Waals surface area contributed by atoms with Gasteiger partial charge in [0.1, 0.15) is 5.82 Å². The van der Waals surface area contributed by atoms with Gasteiger partial charge in [-0.25, -0.2) is 4.98 Å². The Bertz CT molecular complexity index is 669. The summed E-state index contributed by atoms with van der Waals surface area (Å²) in [6, 6.07) is 9.97. The maximum Gasteiger partial charge on any atom is 0.231 e. The number of nitrogens with zero attached hydrogens (tertiary/aromatic N) is 3. The lowest BCUT2D eigenvalue weighted by molar-refractivity contribution is -0.117. The van der Waals surface area contributed by atoms with Crippen LogP contribution in [0.1, 0.15) is 5.56 Å². The molecule has 20 heavy (non-hydrogen) atoms. The van der Waals surface area contributed by atoms with Gasteiger partial charge in [-0.05, 0) is 51.8 Å². The molecule has 1 aliphatic heterocycles. The first-order valence-electron chi connectivity index (χ1n) is 6.31. The van der Waals surface area contributed by atoms with Gasteiger partial charge in [0.05, 0.1) is 6.42 Å². The van der Waals surface area contributed by atoms with E-state index in [0.717, 1.165) is 27.2 Å². The zero-order chi connectivity index (χ0) is 14.3. The van der Waals surface area contributed by atoms with Gasteiger partial charge in [-0.3, -0.25) is 4.79 Å². The summed E-state index contributed by atoms with van der Waals surface area (Å²) in [5.74, 6) is 1.01. The normalized spacial score (nSPS) is 13.6. The lowest BCUT2D eigenvalue weighted by Crippen LogP contribution is -2.20. The minimum Gasteiger partial charge on any atom is -0.329 e. The fourth-order valence-corrected chi connectivity index (χ4v) is 2.60. The van der Waals surface area contributed by atoms with Crippen molar-refractivity contribution >= 4 is 39.0 Å². The summed E-state index contributed by atoms with van der Waals surface area (Å²) in [5, 5.41) is 0. The number of likely N-dealkylation sites (N-methyl/N-ethyl adjacent to an activating group) is 1.